The molecular weight excluding hydrogens is 322 g/mol. The van der Waals surface area contributed by atoms with Crippen molar-refractivity contribution in [3.63, 3.8) is 0 Å². The number of hydrogen-bond acceptors (Lipinski definition) is 4. The van der Waals surface area contributed by atoms with Gasteiger partial charge < -0.3 is 15.0 Å². The predicted molar refractivity (Wildman–Crippen MR) is 95.1 cm³/mol. The molecule has 7 nitrogen and oxygen atoms in total. The fourth-order valence-corrected chi connectivity index (χ4v) is 2.56. The standard InChI is InChI=1S/C18H17N3O4/c1-2-25-15-10-6-4-8-13(15)19-16(22)11-21-14-9-5-3-7-12(14)20-17(23)18(21)24/h3-10H,2,11H2,1H3,(H,19,22)(H,20,23). The molecule has 0 unspecified atom stereocenters. The van der Waals surface area contributed by atoms with Crippen LogP contribution < -0.4 is 21.2 Å². The summed E-state index contributed by atoms with van der Waals surface area (Å²) in [6.07, 6.45) is 0. The number of para-hydroxylation sites is 4. The molecule has 1 heterocycles. The van der Waals surface area contributed by atoms with E-state index in [1.54, 1.807) is 48.5 Å². The van der Waals surface area contributed by atoms with Crippen LogP contribution in [0.1, 0.15) is 6.92 Å². The number of aromatic nitrogens is 2. The van der Waals surface area contributed by atoms with Crippen LogP contribution in [0.25, 0.3) is 11.0 Å². The first-order valence-electron chi connectivity index (χ1n) is 7.83. The Morgan fingerprint density at radius 2 is 1.84 bits per heavy atom. The SMILES string of the molecule is CCOc1ccccc1NC(=O)Cn1c(=O)c(=O)[nH]c2ccccc21. The number of aromatic amines is 1. The number of anilines is 1. The van der Waals surface area contributed by atoms with E-state index >= 15 is 0 Å². The third kappa shape index (κ3) is 3.45. The molecule has 0 fully saturated rings. The predicted octanol–water partition coefficient (Wildman–Crippen LogP) is 1.73. The molecule has 1 aromatic heterocycles. The van der Waals surface area contributed by atoms with Gasteiger partial charge in [-0.05, 0) is 31.2 Å². The van der Waals surface area contributed by atoms with Crippen molar-refractivity contribution in [2.24, 2.45) is 0 Å². The Bertz CT molecular complexity index is 1040. The molecule has 3 aromatic rings. The topological polar surface area (TPSA) is 93.2 Å². The second-order valence-corrected chi connectivity index (χ2v) is 5.34. The Hall–Kier alpha value is -3.35. The average molecular weight is 339 g/mol. The largest absolute Gasteiger partial charge is 0.492 e. The Morgan fingerprint density at radius 3 is 2.64 bits per heavy atom. The number of nitrogens with zero attached hydrogens (tertiary/aromatic N) is 1. The second-order valence-electron chi connectivity index (χ2n) is 5.34. The number of carbonyl (C=O) groups excluding carboxylic acids is 1. The average Bonchev–Trinajstić information content (AvgIpc) is 2.61. The van der Waals surface area contributed by atoms with Gasteiger partial charge in [0.25, 0.3) is 0 Å². The summed E-state index contributed by atoms with van der Waals surface area (Å²) in [5.74, 6) is 0.117. The monoisotopic (exact) mass is 339 g/mol. The van der Waals surface area contributed by atoms with E-state index in [2.05, 4.69) is 10.3 Å². The number of benzene rings is 2. The molecule has 0 radical (unpaired) electrons. The van der Waals surface area contributed by atoms with Gasteiger partial charge in [-0.1, -0.05) is 24.3 Å². The quantitative estimate of drug-likeness (QED) is 0.692. The molecule has 0 aliphatic carbocycles. The zero-order valence-corrected chi connectivity index (χ0v) is 13.6. The highest BCUT2D eigenvalue weighted by atomic mass is 16.5. The molecule has 0 atom stereocenters. The highest BCUT2D eigenvalue weighted by molar-refractivity contribution is 5.92. The van der Waals surface area contributed by atoms with Gasteiger partial charge in [-0.25, -0.2) is 0 Å². The number of amides is 1. The Kier molecular flexibility index (Phi) is 4.65. The number of nitrogens with one attached hydrogen (secondary N) is 2. The van der Waals surface area contributed by atoms with Gasteiger partial charge in [0.1, 0.15) is 12.3 Å². The van der Waals surface area contributed by atoms with Crippen LogP contribution in [-0.2, 0) is 11.3 Å². The fraction of sp³-hybridized carbons (Fsp3) is 0.167. The molecule has 0 bridgehead atoms. The molecule has 0 saturated heterocycles. The van der Waals surface area contributed by atoms with Crippen LogP contribution in [0.4, 0.5) is 5.69 Å². The maximum absolute atomic E-state index is 12.4. The lowest BCUT2D eigenvalue weighted by atomic mass is 10.2. The van der Waals surface area contributed by atoms with Crippen molar-refractivity contribution in [2.45, 2.75) is 13.5 Å². The molecule has 25 heavy (non-hydrogen) atoms. The van der Waals surface area contributed by atoms with Crippen LogP contribution in [0.15, 0.2) is 58.1 Å². The fourth-order valence-electron chi connectivity index (χ4n) is 2.56. The van der Waals surface area contributed by atoms with Gasteiger partial charge in [-0.15, -0.1) is 0 Å². The van der Waals surface area contributed by atoms with E-state index < -0.39 is 17.0 Å². The second kappa shape index (κ2) is 7.04. The molecule has 0 aliphatic heterocycles. The van der Waals surface area contributed by atoms with Crippen molar-refractivity contribution < 1.29 is 9.53 Å². The minimum absolute atomic E-state index is 0.274. The normalized spacial score (nSPS) is 10.6. The molecule has 0 aliphatic rings. The van der Waals surface area contributed by atoms with Crippen LogP contribution in [0.2, 0.25) is 0 Å². The summed E-state index contributed by atoms with van der Waals surface area (Å²) in [5.41, 5.74) is -0.0420. The van der Waals surface area contributed by atoms with Crippen molar-refractivity contribution in [3.05, 3.63) is 69.2 Å². The van der Waals surface area contributed by atoms with E-state index in [0.717, 1.165) is 4.57 Å². The summed E-state index contributed by atoms with van der Waals surface area (Å²) in [6.45, 7) is 2.04. The third-order valence-corrected chi connectivity index (χ3v) is 3.65. The van der Waals surface area contributed by atoms with Gasteiger partial charge in [0.2, 0.25) is 5.91 Å². The molecule has 128 valence electrons. The highest BCUT2D eigenvalue weighted by Gasteiger charge is 2.13. The van der Waals surface area contributed by atoms with Crippen molar-refractivity contribution >= 4 is 22.6 Å². The van der Waals surface area contributed by atoms with Gasteiger partial charge in [-0.3, -0.25) is 19.0 Å². The van der Waals surface area contributed by atoms with E-state index in [4.69, 9.17) is 4.74 Å². The number of H-pyrrole nitrogens is 1. The lowest BCUT2D eigenvalue weighted by molar-refractivity contribution is -0.116. The van der Waals surface area contributed by atoms with Crippen molar-refractivity contribution in [3.8, 4) is 5.75 Å². The lowest BCUT2D eigenvalue weighted by Crippen LogP contribution is -2.38. The van der Waals surface area contributed by atoms with Crippen molar-refractivity contribution in [1.29, 1.82) is 0 Å². The molecule has 2 N–H and O–H groups in total. The van der Waals surface area contributed by atoms with E-state index in [1.165, 1.54) is 0 Å². The van der Waals surface area contributed by atoms with E-state index in [1.807, 2.05) is 6.92 Å². The van der Waals surface area contributed by atoms with E-state index in [9.17, 15) is 14.4 Å². The highest BCUT2D eigenvalue weighted by Crippen LogP contribution is 2.23. The van der Waals surface area contributed by atoms with Gasteiger partial charge in [-0.2, -0.15) is 0 Å². The zero-order valence-electron chi connectivity index (χ0n) is 13.6. The maximum atomic E-state index is 12.4. The van der Waals surface area contributed by atoms with Crippen LogP contribution in [0.5, 0.6) is 5.75 Å². The van der Waals surface area contributed by atoms with Crippen LogP contribution in [-0.4, -0.2) is 22.1 Å². The summed E-state index contributed by atoms with van der Waals surface area (Å²) in [5, 5.41) is 2.72. The molecule has 0 saturated carbocycles. The Morgan fingerprint density at radius 1 is 1.12 bits per heavy atom. The number of ether oxygens (including phenoxy) is 1. The number of rotatable bonds is 5. The van der Waals surface area contributed by atoms with Gasteiger partial charge in [0.05, 0.1) is 23.3 Å². The van der Waals surface area contributed by atoms with Crippen LogP contribution >= 0.6 is 0 Å². The summed E-state index contributed by atoms with van der Waals surface area (Å²) in [4.78, 5) is 38.9. The van der Waals surface area contributed by atoms with Crippen LogP contribution in [0.3, 0.4) is 0 Å². The lowest BCUT2D eigenvalue weighted by Gasteiger charge is -2.13. The summed E-state index contributed by atoms with van der Waals surface area (Å²) < 4.78 is 6.62. The minimum Gasteiger partial charge on any atom is -0.492 e. The molecular formula is C18H17N3O4. The van der Waals surface area contributed by atoms with E-state index in [-0.39, 0.29) is 6.54 Å². The van der Waals surface area contributed by atoms with Crippen molar-refractivity contribution in [1.82, 2.24) is 9.55 Å². The molecule has 0 spiro atoms. The first kappa shape index (κ1) is 16.5. The molecule has 3 rings (SSSR count). The smallest absolute Gasteiger partial charge is 0.317 e. The van der Waals surface area contributed by atoms with Crippen molar-refractivity contribution in [2.75, 3.05) is 11.9 Å². The number of fused-ring (bicyclic) bond motifs is 1. The van der Waals surface area contributed by atoms with Gasteiger partial charge >= 0.3 is 11.1 Å². The van der Waals surface area contributed by atoms with E-state index in [0.29, 0.717) is 29.1 Å². The summed E-state index contributed by atoms with van der Waals surface area (Å²) >= 11 is 0. The summed E-state index contributed by atoms with van der Waals surface area (Å²) in [6, 6.07) is 13.9. The van der Waals surface area contributed by atoms with Crippen LogP contribution in [0, 0.1) is 0 Å². The summed E-state index contributed by atoms with van der Waals surface area (Å²) in [7, 11) is 0. The molecule has 1 amide bonds. The number of carbonyl (C=O) groups is 1. The Balaban J connectivity index is 1.92. The van der Waals surface area contributed by atoms with Gasteiger partial charge in [0, 0.05) is 0 Å². The third-order valence-electron chi connectivity index (χ3n) is 3.65. The Labute approximate surface area is 142 Å². The first-order chi connectivity index (χ1) is 12.1. The zero-order chi connectivity index (χ0) is 17.8. The molecule has 2 aromatic carbocycles. The number of hydrogen-bond donors (Lipinski definition) is 2. The minimum atomic E-state index is -0.771. The first-order valence-corrected chi connectivity index (χ1v) is 7.83. The molecule has 7 heteroatoms. The van der Waals surface area contributed by atoms with Gasteiger partial charge in [0.15, 0.2) is 0 Å². The maximum Gasteiger partial charge on any atom is 0.317 e.